The number of aryl methyl sites for hydroxylation is 1. The fraction of sp³-hybridized carbons (Fsp3) is 0.633. The summed E-state index contributed by atoms with van der Waals surface area (Å²) in [6.45, 7) is 11.5. The summed E-state index contributed by atoms with van der Waals surface area (Å²) < 4.78 is 28.9. The molecule has 0 fully saturated rings. The van der Waals surface area contributed by atoms with Gasteiger partial charge in [0.05, 0.1) is 78.7 Å². The molecule has 0 aliphatic rings. The molecule has 44 heavy (non-hydrogen) atoms. The maximum absolute atomic E-state index is 11.0. The molecule has 1 aromatic carbocycles. The number of hydrogen-bond donors (Lipinski definition) is 3. The molecule has 2 rings (SSSR count). The Morgan fingerprint density at radius 1 is 0.864 bits per heavy atom. The molecule has 0 unspecified atom stereocenters. The van der Waals surface area contributed by atoms with Crippen molar-refractivity contribution in [3.05, 3.63) is 41.7 Å². The average molecular weight is 624 g/mol. The zero-order chi connectivity index (χ0) is 32.4. The van der Waals surface area contributed by atoms with Gasteiger partial charge in [0.15, 0.2) is 0 Å². The Kier molecular flexibility index (Phi) is 21.9. The van der Waals surface area contributed by atoms with Crippen LogP contribution in [0.15, 0.2) is 30.5 Å². The standard InChI is InChI=1S/C20H38N4O6.C10H11NO3/c1-18(2)4-6-24-16-19(22-23-24)17-30-15-14-29-13-12-28-11-10-27-9-8-26-7-5-20(25)21-3;1-7(12)11-9-4-2-8(3-5-9)6-10(13)14/h16,18H,4-15,17H2,1-3H3,(H,21,25);2-5H,6H2,1H3,(H,11,12)(H,13,14). The van der Waals surface area contributed by atoms with Crippen molar-refractivity contribution in [1.29, 1.82) is 0 Å². The van der Waals surface area contributed by atoms with E-state index in [1.165, 1.54) is 6.92 Å². The number of benzene rings is 1. The molecule has 1 aromatic heterocycles. The van der Waals surface area contributed by atoms with Crippen LogP contribution in [0, 0.1) is 5.92 Å². The highest BCUT2D eigenvalue weighted by Gasteiger charge is 2.03. The fourth-order valence-electron chi connectivity index (χ4n) is 3.33. The molecule has 0 bridgehead atoms. The van der Waals surface area contributed by atoms with E-state index in [0.717, 1.165) is 18.7 Å². The van der Waals surface area contributed by atoms with Crippen molar-refractivity contribution in [2.24, 2.45) is 5.92 Å². The second-order valence-electron chi connectivity index (χ2n) is 10.0. The van der Waals surface area contributed by atoms with E-state index < -0.39 is 5.97 Å². The van der Waals surface area contributed by atoms with Crippen LogP contribution < -0.4 is 10.6 Å². The molecule has 14 heteroatoms. The summed E-state index contributed by atoms with van der Waals surface area (Å²) in [5.41, 5.74) is 2.22. The van der Waals surface area contributed by atoms with Gasteiger partial charge in [-0.3, -0.25) is 19.1 Å². The molecule has 0 saturated heterocycles. The normalized spacial score (nSPS) is 10.8. The number of ether oxygens (including phenoxy) is 5. The molecule has 2 amide bonds. The van der Waals surface area contributed by atoms with E-state index in [0.29, 0.717) is 89.7 Å². The van der Waals surface area contributed by atoms with Crippen molar-refractivity contribution in [3.63, 3.8) is 0 Å². The lowest BCUT2D eigenvalue weighted by atomic mass is 10.1. The first-order valence-corrected chi connectivity index (χ1v) is 14.8. The van der Waals surface area contributed by atoms with Gasteiger partial charge >= 0.3 is 5.97 Å². The van der Waals surface area contributed by atoms with E-state index >= 15 is 0 Å². The molecule has 3 N–H and O–H groups in total. The minimum Gasteiger partial charge on any atom is -0.481 e. The number of carbonyl (C=O) groups is 3. The Morgan fingerprint density at radius 3 is 1.91 bits per heavy atom. The second kappa shape index (κ2) is 25.0. The monoisotopic (exact) mass is 623 g/mol. The lowest BCUT2D eigenvalue weighted by Gasteiger charge is -2.07. The topological polar surface area (TPSA) is 172 Å². The third-order valence-corrected chi connectivity index (χ3v) is 5.64. The maximum atomic E-state index is 11.0. The highest BCUT2D eigenvalue weighted by atomic mass is 16.6. The Bertz CT molecular complexity index is 1010. The van der Waals surface area contributed by atoms with Crippen LogP contribution >= 0.6 is 0 Å². The minimum absolute atomic E-state index is 0.000349. The molecule has 14 nitrogen and oxygen atoms in total. The van der Waals surface area contributed by atoms with Gasteiger partial charge in [0.2, 0.25) is 11.8 Å². The first-order valence-electron chi connectivity index (χ1n) is 14.8. The van der Waals surface area contributed by atoms with Crippen LogP contribution in [0.5, 0.6) is 0 Å². The van der Waals surface area contributed by atoms with Crippen molar-refractivity contribution < 1.29 is 43.2 Å². The molecular weight excluding hydrogens is 574 g/mol. The van der Waals surface area contributed by atoms with Gasteiger partial charge in [0.25, 0.3) is 0 Å². The quantitative estimate of drug-likeness (QED) is 0.155. The van der Waals surface area contributed by atoms with Gasteiger partial charge in [-0.2, -0.15) is 0 Å². The number of carboxylic acids is 1. The Morgan fingerprint density at radius 2 is 1.41 bits per heavy atom. The zero-order valence-corrected chi connectivity index (χ0v) is 26.4. The third kappa shape index (κ3) is 22.2. The first-order chi connectivity index (χ1) is 21.2. The molecule has 0 spiro atoms. The van der Waals surface area contributed by atoms with Gasteiger partial charge in [0.1, 0.15) is 5.69 Å². The largest absolute Gasteiger partial charge is 0.481 e. The number of anilines is 1. The summed E-state index contributed by atoms with van der Waals surface area (Å²) in [7, 11) is 1.61. The summed E-state index contributed by atoms with van der Waals surface area (Å²) >= 11 is 0. The van der Waals surface area contributed by atoms with Crippen molar-refractivity contribution >= 4 is 23.5 Å². The number of aromatic nitrogens is 3. The number of aliphatic carboxylic acids is 1. The van der Waals surface area contributed by atoms with Crippen LogP contribution in [0.4, 0.5) is 5.69 Å². The molecule has 0 aliphatic carbocycles. The van der Waals surface area contributed by atoms with E-state index in [2.05, 4.69) is 34.8 Å². The summed E-state index contributed by atoms with van der Waals surface area (Å²) in [5, 5.41) is 21.8. The van der Waals surface area contributed by atoms with Crippen LogP contribution in [0.2, 0.25) is 0 Å². The molecule has 0 aliphatic heterocycles. The number of carboxylic acid groups (broad SMARTS) is 1. The Balaban J connectivity index is 0.000000574. The SMILES string of the molecule is CC(=O)Nc1ccc(CC(=O)O)cc1.CNC(=O)CCOCCOCCOCCOCCOCc1cn(CCC(C)C)nn1. The Hall–Kier alpha value is -3.43. The van der Waals surface area contributed by atoms with Crippen LogP contribution in [-0.2, 0) is 57.6 Å². The highest BCUT2D eigenvalue weighted by molar-refractivity contribution is 5.88. The highest BCUT2D eigenvalue weighted by Crippen LogP contribution is 2.09. The first kappa shape index (κ1) is 38.6. The molecule has 0 radical (unpaired) electrons. The predicted octanol–water partition coefficient (Wildman–Crippen LogP) is 2.32. The number of nitrogens with zero attached hydrogens (tertiary/aromatic N) is 3. The van der Waals surface area contributed by atoms with Crippen molar-refractivity contribution in [1.82, 2.24) is 20.3 Å². The van der Waals surface area contributed by atoms with Gasteiger partial charge < -0.3 is 39.4 Å². The van der Waals surface area contributed by atoms with Gasteiger partial charge in [0, 0.05) is 32.6 Å². The van der Waals surface area contributed by atoms with Crippen LogP contribution in [0.3, 0.4) is 0 Å². The molecule has 248 valence electrons. The van der Waals surface area contributed by atoms with E-state index in [1.54, 1.807) is 31.3 Å². The van der Waals surface area contributed by atoms with Crippen molar-refractivity contribution in [2.75, 3.05) is 71.8 Å². The number of rotatable bonds is 23. The Labute approximate surface area is 259 Å². The lowest BCUT2D eigenvalue weighted by Crippen LogP contribution is -2.20. The third-order valence-electron chi connectivity index (χ3n) is 5.64. The minimum atomic E-state index is -0.864. The fourth-order valence-corrected chi connectivity index (χ4v) is 3.33. The molecular formula is C30H49N5O9. The van der Waals surface area contributed by atoms with Crippen LogP contribution in [0.25, 0.3) is 0 Å². The van der Waals surface area contributed by atoms with Gasteiger partial charge in [-0.1, -0.05) is 31.2 Å². The molecule has 2 aromatic rings. The molecule has 0 saturated carbocycles. The van der Waals surface area contributed by atoms with Crippen LogP contribution in [-0.4, -0.2) is 104 Å². The number of nitrogens with one attached hydrogen (secondary N) is 2. The van der Waals surface area contributed by atoms with Gasteiger partial charge in [-0.15, -0.1) is 5.10 Å². The number of carbonyl (C=O) groups excluding carboxylic acids is 2. The zero-order valence-electron chi connectivity index (χ0n) is 26.4. The van der Waals surface area contributed by atoms with Gasteiger partial charge in [-0.05, 0) is 30.0 Å². The van der Waals surface area contributed by atoms with E-state index in [4.69, 9.17) is 28.8 Å². The van der Waals surface area contributed by atoms with Crippen molar-refractivity contribution in [3.8, 4) is 0 Å². The summed E-state index contributed by atoms with van der Waals surface area (Å²) in [4.78, 5) is 32.0. The van der Waals surface area contributed by atoms with Gasteiger partial charge in [-0.25, -0.2) is 0 Å². The summed E-state index contributed by atoms with van der Waals surface area (Å²) in [6, 6.07) is 6.72. The summed E-state index contributed by atoms with van der Waals surface area (Å²) in [5.74, 6) is -0.387. The molecule has 1 heterocycles. The van der Waals surface area contributed by atoms with E-state index in [-0.39, 0.29) is 18.2 Å². The van der Waals surface area contributed by atoms with E-state index in [1.807, 2.05) is 10.9 Å². The molecule has 0 atom stereocenters. The van der Waals surface area contributed by atoms with Crippen LogP contribution in [0.1, 0.15) is 44.9 Å². The summed E-state index contributed by atoms with van der Waals surface area (Å²) in [6.07, 6.45) is 3.38. The predicted molar refractivity (Wildman–Crippen MR) is 163 cm³/mol. The number of amides is 2. The van der Waals surface area contributed by atoms with E-state index in [9.17, 15) is 14.4 Å². The smallest absolute Gasteiger partial charge is 0.307 e. The number of hydrogen-bond acceptors (Lipinski definition) is 10. The average Bonchev–Trinajstić information content (AvgIpc) is 3.44. The maximum Gasteiger partial charge on any atom is 0.307 e. The lowest BCUT2D eigenvalue weighted by molar-refractivity contribution is -0.136. The second-order valence-corrected chi connectivity index (χ2v) is 10.0. The van der Waals surface area contributed by atoms with Crippen molar-refractivity contribution in [2.45, 2.75) is 53.2 Å².